The Kier molecular flexibility index (Phi) is 2.77. The van der Waals surface area contributed by atoms with Gasteiger partial charge in [0.2, 0.25) is 0 Å². The molecular weight excluding hydrogens is 294 g/mol. The van der Waals surface area contributed by atoms with Crippen molar-refractivity contribution in [3.8, 4) is 17.3 Å². The second kappa shape index (κ2) is 4.81. The molecule has 6 heteroatoms. The highest BCUT2D eigenvalue weighted by atomic mass is 16.4. The maximum absolute atomic E-state index is 11.1. The Balaban J connectivity index is 2.02. The van der Waals surface area contributed by atoms with Crippen LogP contribution in [0.5, 0.6) is 5.75 Å². The second-order valence-corrected chi connectivity index (χ2v) is 5.16. The molecule has 4 aromatic rings. The number of fused-ring (bicyclic) bond motifs is 3. The fourth-order valence-electron chi connectivity index (χ4n) is 2.66. The van der Waals surface area contributed by atoms with Crippen LogP contribution in [0.25, 0.3) is 33.3 Å². The predicted octanol–water partition coefficient (Wildman–Crippen LogP) is 3.18. The summed E-state index contributed by atoms with van der Waals surface area (Å²) in [6, 6.07) is 11.8. The molecule has 0 saturated heterocycles. The van der Waals surface area contributed by atoms with Gasteiger partial charge in [0.25, 0.3) is 0 Å². The van der Waals surface area contributed by atoms with E-state index in [9.17, 15) is 9.90 Å². The zero-order chi connectivity index (χ0) is 16.0. The summed E-state index contributed by atoms with van der Waals surface area (Å²) >= 11 is 0. The third kappa shape index (κ3) is 2.08. The van der Waals surface area contributed by atoms with Crippen molar-refractivity contribution in [1.82, 2.24) is 15.0 Å². The molecule has 3 N–H and O–H groups in total. The number of carboxylic acid groups (broad SMARTS) is 1. The topological polar surface area (TPSA) is 99.1 Å². The Morgan fingerprint density at radius 3 is 2.74 bits per heavy atom. The van der Waals surface area contributed by atoms with Crippen molar-refractivity contribution < 1.29 is 15.0 Å². The second-order valence-electron chi connectivity index (χ2n) is 5.16. The third-order valence-corrected chi connectivity index (χ3v) is 3.70. The van der Waals surface area contributed by atoms with Crippen LogP contribution in [0.2, 0.25) is 0 Å². The van der Waals surface area contributed by atoms with E-state index >= 15 is 0 Å². The minimum Gasteiger partial charge on any atom is -0.507 e. The largest absolute Gasteiger partial charge is 0.507 e. The molecule has 0 aliphatic heterocycles. The number of aromatic amines is 1. The van der Waals surface area contributed by atoms with Gasteiger partial charge in [-0.05, 0) is 35.7 Å². The number of phenolic OH excluding ortho intramolecular Hbond substituents is 1. The average Bonchev–Trinajstić information content (AvgIpc) is 2.99. The van der Waals surface area contributed by atoms with Crippen LogP contribution < -0.4 is 0 Å². The molecule has 0 unspecified atom stereocenters. The molecule has 0 radical (unpaired) electrons. The molecule has 0 aliphatic rings. The lowest BCUT2D eigenvalue weighted by atomic mass is 10.0. The van der Waals surface area contributed by atoms with Crippen LogP contribution in [0.15, 0.2) is 48.7 Å². The van der Waals surface area contributed by atoms with Crippen molar-refractivity contribution in [2.75, 3.05) is 0 Å². The summed E-state index contributed by atoms with van der Waals surface area (Å²) in [5, 5.41) is 20.5. The van der Waals surface area contributed by atoms with Crippen molar-refractivity contribution >= 4 is 27.8 Å². The number of phenols is 1. The molecule has 2 heterocycles. The molecule has 0 atom stereocenters. The number of imidazole rings is 1. The molecule has 4 rings (SSSR count). The molecular formula is C17H11N3O3. The van der Waals surface area contributed by atoms with E-state index in [2.05, 4.69) is 15.0 Å². The summed E-state index contributed by atoms with van der Waals surface area (Å²) in [6.07, 6.45) is 1.68. The van der Waals surface area contributed by atoms with Gasteiger partial charge in [0.15, 0.2) is 5.82 Å². The van der Waals surface area contributed by atoms with Crippen molar-refractivity contribution in [2.24, 2.45) is 0 Å². The molecule has 112 valence electrons. The number of nitrogens with one attached hydrogen (secondary N) is 1. The van der Waals surface area contributed by atoms with E-state index in [1.54, 1.807) is 12.3 Å². The van der Waals surface area contributed by atoms with Crippen molar-refractivity contribution in [3.05, 3.63) is 54.2 Å². The number of H-pyrrole nitrogens is 1. The van der Waals surface area contributed by atoms with Gasteiger partial charge in [-0.15, -0.1) is 0 Å². The lowest BCUT2D eigenvalue weighted by Crippen LogP contribution is -1.95. The Morgan fingerprint density at radius 1 is 1.13 bits per heavy atom. The minimum absolute atomic E-state index is 0.0369. The van der Waals surface area contributed by atoms with Crippen LogP contribution in [0.3, 0.4) is 0 Å². The summed E-state index contributed by atoms with van der Waals surface area (Å²) in [6.45, 7) is 0. The highest BCUT2D eigenvalue weighted by molar-refractivity contribution is 6.10. The number of carboxylic acids is 1. The molecule has 2 aromatic heterocycles. The first-order valence-corrected chi connectivity index (χ1v) is 6.93. The molecule has 0 bridgehead atoms. The number of hydrogen-bond donors (Lipinski definition) is 3. The van der Waals surface area contributed by atoms with E-state index < -0.39 is 5.97 Å². The Bertz CT molecular complexity index is 1060. The van der Waals surface area contributed by atoms with E-state index in [1.807, 2.05) is 24.3 Å². The summed E-state index contributed by atoms with van der Waals surface area (Å²) in [7, 11) is 0. The first kappa shape index (κ1) is 13.3. The van der Waals surface area contributed by atoms with E-state index in [1.165, 1.54) is 12.1 Å². The first-order chi connectivity index (χ1) is 11.1. The summed E-state index contributed by atoms with van der Waals surface area (Å²) in [4.78, 5) is 23.0. The molecule has 0 fully saturated rings. The predicted molar refractivity (Wildman–Crippen MR) is 85.5 cm³/mol. The molecule has 23 heavy (non-hydrogen) atoms. The number of aromatic hydroxyl groups is 1. The fraction of sp³-hybridized carbons (Fsp3) is 0. The molecule has 2 aromatic carbocycles. The van der Waals surface area contributed by atoms with E-state index in [4.69, 9.17) is 5.11 Å². The fourth-order valence-corrected chi connectivity index (χ4v) is 2.66. The normalized spacial score (nSPS) is 11.1. The maximum Gasteiger partial charge on any atom is 0.335 e. The average molecular weight is 305 g/mol. The van der Waals surface area contributed by atoms with Crippen LogP contribution in [-0.4, -0.2) is 31.1 Å². The van der Waals surface area contributed by atoms with Gasteiger partial charge in [-0.25, -0.2) is 9.78 Å². The van der Waals surface area contributed by atoms with Crippen LogP contribution in [0, 0.1) is 0 Å². The van der Waals surface area contributed by atoms with E-state index in [0.717, 1.165) is 5.52 Å². The molecule has 6 nitrogen and oxygen atoms in total. The lowest BCUT2D eigenvalue weighted by Gasteiger charge is -2.04. The highest BCUT2D eigenvalue weighted by Gasteiger charge is 2.14. The smallest absolute Gasteiger partial charge is 0.335 e. The summed E-state index contributed by atoms with van der Waals surface area (Å²) in [5.74, 6) is -0.599. The monoisotopic (exact) mass is 305 g/mol. The zero-order valence-electron chi connectivity index (χ0n) is 11.8. The van der Waals surface area contributed by atoms with Crippen LogP contribution in [0.4, 0.5) is 0 Å². The standard InChI is InChI=1S/C17H11N3O3/c21-13-8-10(17(22)23)7-9-4-5-11-15(14(9)13)20-16(19-11)12-3-1-2-6-18-12/h1-8,21H,(H,19,20)(H,22,23). The van der Waals surface area contributed by atoms with Gasteiger partial charge in [0.05, 0.1) is 16.5 Å². The summed E-state index contributed by atoms with van der Waals surface area (Å²) < 4.78 is 0. The Morgan fingerprint density at radius 2 is 2.00 bits per heavy atom. The van der Waals surface area contributed by atoms with Gasteiger partial charge < -0.3 is 15.2 Å². The number of nitrogens with zero attached hydrogens (tertiary/aromatic N) is 2. The molecule has 0 amide bonds. The van der Waals surface area contributed by atoms with Crippen LogP contribution in [-0.2, 0) is 0 Å². The minimum atomic E-state index is -1.08. The zero-order valence-corrected chi connectivity index (χ0v) is 11.8. The number of pyridine rings is 1. The van der Waals surface area contributed by atoms with Gasteiger partial charge in [0, 0.05) is 6.20 Å². The highest BCUT2D eigenvalue weighted by Crippen LogP contribution is 2.33. The number of aromatic carboxylic acids is 1. The van der Waals surface area contributed by atoms with Gasteiger partial charge in [-0.2, -0.15) is 0 Å². The summed E-state index contributed by atoms with van der Waals surface area (Å²) in [5.41, 5.74) is 2.06. The lowest BCUT2D eigenvalue weighted by molar-refractivity contribution is 0.0696. The molecule has 0 spiro atoms. The molecule has 0 aliphatic carbocycles. The van der Waals surface area contributed by atoms with E-state index in [0.29, 0.717) is 27.8 Å². The Hall–Kier alpha value is -3.41. The number of benzene rings is 2. The first-order valence-electron chi connectivity index (χ1n) is 6.93. The number of hydrogen-bond acceptors (Lipinski definition) is 4. The van der Waals surface area contributed by atoms with E-state index in [-0.39, 0.29) is 11.3 Å². The number of rotatable bonds is 2. The van der Waals surface area contributed by atoms with Crippen LogP contribution in [0.1, 0.15) is 10.4 Å². The molecule has 0 saturated carbocycles. The number of aromatic nitrogens is 3. The van der Waals surface area contributed by atoms with Crippen molar-refractivity contribution in [1.29, 1.82) is 0 Å². The maximum atomic E-state index is 11.1. The SMILES string of the molecule is O=C(O)c1cc(O)c2c(ccc3[nH]c(-c4ccccn4)nc32)c1. The number of carbonyl (C=O) groups is 1. The van der Waals surface area contributed by atoms with Gasteiger partial charge in [0.1, 0.15) is 17.0 Å². The van der Waals surface area contributed by atoms with Gasteiger partial charge >= 0.3 is 5.97 Å². The quantitative estimate of drug-likeness (QED) is 0.528. The van der Waals surface area contributed by atoms with Gasteiger partial charge in [-0.1, -0.05) is 12.1 Å². The van der Waals surface area contributed by atoms with Crippen molar-refractivity contribution in [2.45, 2.75) is 0 Å². The third-order valence-electron chi connectivity index (χ3n) is 3.70. The Labute approximate surface area is 130 Å². The van der Waals surface area contributed by atoms with Crippen molar-refractivity contribution in [3.63, 3.8) is 0 Å². The van der Waals surface area contributed by atoms with Crippen LogP contribution >= 0.6 is 0 Å². The van der Waals surface area contributed by atoms with Gasteiger partial charge in [-0.3, -0.25) is 4.98 Å².